The van der Waals surface area contributed by atoms with Gasteiger partial charge in [-0.15, -0.1) is 0 Å². The number of fused-ring (bicyclic) bond motifs is 2. The molecule has 0 unspecified atom stereocenters. The number of ether oxygens (including phenoxy) is 1. The summed E-state index contributed by atoms with van der Waals surface area (Å²) in [6.45, 7) is 5.71. The minimum absolute atomic E-state index is 0.259. The summed E-state index contributed by atoms with van der Waals surface area (Å²) >= 11 is 0. The predicted octanol–water partition coefficient (Wildman–Crippen LogP) is 4.61. The second kappa shape index (κ2) is 9.56. The molecule has 2 aliphatic heterocycles. The fourth-order valence-electron chi connectivity index (χ4n) is 5.70. The number of amides is 1. The quantitative estimate of drug-likeness (QED) is 0.532. The summed E-state index contributed by atoms with van der Waals surface area (Å²) in [7, 11) is 1.69. The summed E-state index contributed by atoms with van der Waals surface area (Å²) in [4.78, 5) is 22.8. The van der Waals surface area contributed by atoms with E-state index in [2.05, 4.69) is 51.6 Å². The Morgan fingerprint density at radius 3 is 2.79 bits per heavy atom. The molecule has 174 valence electrons. The molecule has 2 saturated heterocycles. The van der Waals surface area contributed by atoms with Gasteiger partial charge in [0.1, 0.15) is 11.6 Å². The van der Waals surface area contributed by atoms with Gasteiger partial charge in [0.2, 0.25) is 5.91 Å². The Labute approximate surface area is 196 Å². The number of carbonyl (C=O) groups is 1. The van der Waals surface area contributed by atoms with Crippen molar-refractivity contribution >= 4 is 16.9 Å². The Balaban J connectivity index is 1.38. The van der Waals surface area contributed by atoms with E-state index in [1.165, 1.54) is 5.52 Å². The molecular formula is C27H34N4O2. The number of hydrogen-bond acceptors (Lipinski definition) is 4. The van der Waals surface area contributed by atoms with E-state index in [1.54, 1.807) is 7.11 Å². The van der Waals surface area contributed by atoms with Gasteiger partial charge in [-0.3, -0.25) is 9.69 Å². The van der Waals surface area contributed by atoms with Gasteiger partial charge >= 0.3 is 0 Å². The van der Waals surface area contributed by atoms with Gasteiger partial charge in [-0.25, -0.2) is 4.98 Å². The molecule has 0 saturated carbocycles. The Kier molecular flexibility index (Phi) is 6.36. The van der Waals surface area contributed by atoms with Crippen LogP contribution >= 0.6 is 0 Å². The number of rotatable bonds is 7. The number of carbonyl (C=O) groups excluding carboxylic acids is 1. The summed E-state index contributed by atoms with van der Waals surface area (Å²) < 4.78 is 7.79. The lowest BCUT2D eigenvalue weighted by Gasteiger charge is -2.33. The van der Waals surface area contributed by atoms with E-state index in [4.69, 9.17) is 9.72 Å². The first kappa shape index (κ1) is 22.0. The highest BCUT2D eigenvalue weighted by molar-refractivity contribution is 5.77. The molecular weight excluding hydrogens is 412 g/mol. The first-order valence-corrected chi connectivity index (χ1v) is 12.3. The molecule has 6 nitrogen and oxygen atoms in total. The lowest BCUT2D eigenvalue weighted by molar-refractivity contribution is -0.133. The average Bonchev–Trinajstić information content (AvgIpc) is 3.34. The molecule has 3 heterocycles. The van der Waals surface area contributed by atoms with Crippen molar-refractivity contribution in [3.63, 3.8) is 0 Å². The van der Waals surface area contributed by atoms with E-state index >= 15 is 0 Å². The van der Waals surface area contributed by atoms with Crippen LogP contribution in [0.5, 0.6) is 5.75 Å². The first-order valence-electron chi connectivity index (χ1n) is 12.3. The highest BCUT2D eigenvalue weighted by Crippen LogP contribution is 2.33. The number of aryl methyl sites for hydroxylation is 1. The predicted molar refractivity (Wildman–Crippen MR) is 130 cm³/mol. The van der Waals surface area contributed by atoms with Crippen LogP contribution in [-0.2, 0) is 24.4 Å². The lowest BCUT2D eigenvalue weighted by Crippen LogP contribution is -2.45. The SMILES string of the molecule is CCCn1c(CN2CC[C@@H]3[C@H]2CCCC(=O)N3Cc2cccc(OC)c2)nc2ccccc21. The van der Waals surface area contributed by atoms with Gasteiger partial charge in [0, 0.05) is 38.1 Å². The smallest absolute Gasteiger partial charge is 0.223 e. The average molecular weight is 447 g/mol. The fraction of sp³-hybridized carbons (Fsp3) is 0.481. The number of imidazole rings is 1. The number of aromatic nitrogens is 2. The van der Waals surface area contributed by atoms with Crippen molar-refractivity contribution < 1.29 is 9.53 Å². The number of benzene rings is 2. The molecule has 1 aromatic heterocycles. The summed E-state index contributed by atoms with van der Waals surface area (Å²) in [6.07, 6.45) is 4.77. The van der Waals surface area contributed by atoms with E-state index < -0.39 is 0 Å². The third-order valence-corrected chi connectivity index (χ3v) is 7.25. The number of para-hydroxylation sites is 2. The van der Waals surface area contributed by atoms with Gasteiger partial charge in [-0.05, 0) is 55.5 Å². The fourth-order valence-corrected chi connectivity index (χ4v) is 5.70. The van der Waals surface area contributed by atoms with Gasteiger partial charge in [0.25, 0.3) is 0 Å². The number of likely N-dealkylation sites (tertiary alicyclic amines) is 2. The largest absolute Gasteiger partial charge is 0.497 e. The molecule has 2 atom stereocenters. The number of hydrogen-bond donors (Lipinski definition) is 0. The normalized spacial score (nSPS) is 21.4. The Bertz CT molecular complexity index is 1120. The zero-order valence-electron chi connectivity index (χ0n) is 19.7. The van der Waals surface area contributed by atoms with Crippen LogP contribution in [0.1, 0.15) is 50.4 Å². The molecule has 33 heavy (non-hydrogen) atoms. The number of methoxy groups -OCH3 is 1. The van der Waals surface area contributed by atoms with Crippen LogP contribution in [0, 0.1) is 0 Å². The van der Waals surface area contributed by atoms with E-state index in [0.29, 0.717) is 19.0 Å². The molecule has 0 radical (unpaired) electrons. The summed E-state index contributed by atoms with van der Waals surface area (Å²) in [5, 5.41) is 0. The van der Waals surface area contributed by atoms with E-state index in [0.717, 1.165) is 68.0 Å². The van der Waals surface area contributed by atoms with Gasteiger partial charge in [0.15, 0.2) is 0 Å². The summed E-state index contributed by atoms with van der Waals surface area (Å²) in [5.41, 5.74) is 3.43. The monoisotopic (exact) mass is 446 g/mol. The van der Waals surface area contributed by atoms with Crippen LogP contribution in [0.4, 0.5) is 0 Å². The van der Waals surface area contributed by atoms with Crippen molar-refractivity contribution in [3.8, 4) is 5.75 Å². The van der Waals surface area contributed by atoms with Gasteiger partial charge < -0.3 is 14.2 Å². The molecule has 6 heteroatoms. The Morgan fingerprint density at radius 1 is 1.06 bits per heavy atom. The second-order valence-corrected chi connectivity index (χ2v) is 9.33. The molecule has 2 fully saturated rings. The lowest BCUT2D eigenvalue weighted by atomic mass is 10.0. The van der Waals surface area contributed by atoms with Crippen molar-refractivity contribution in [2.75, 3.05) is 13.7 Å². The van der Waals surface area contributed by atoms with Gasteiger partial charge in [-0.2, -0.15) is 0 Å². The number of nitrogens with zero attached hydrogens (tertiary/aromatic N) is 4. The standard InChI is InChI=1S/C27H34N4O2/c1-3-15-30-23-11-5-4-10-22(23)28-26(30)19-29-16-14-25-24(29)12-7-13-27(32)31(25)18-20-8-6-9-21(17-20)33-2/h4-6,8-11,17,24-25H,3,7,12-16,18-19H2,1-2H3/t24-,25-/m1/s1. The van der Waals surface area contributed by atoms with Crippen LogP contribution in [0.2, 0.25) is 0 Å². The highest BCUT2D eigenvalue weighted by Gasteiger charge is 2.41. The first-order chi connectivity index (χ1) is 16.2. The molecule has 0 spiro atoms. The molecule has 0 N–H and O–H groups in total. The van der Waals surface area contributed by atoms with Crippen LogP contribution in [0.25, 0.3) is 11.0 Å². The van der Waals surface area contributed by atoms with E-state index in [1.807, 2.05) is 18.2 Å². The summed E-state index contributed by atoms with van der Waals surface area (Å²) in [5.74, 6) is 2.27. The van der Waals surface area contributed by atoms with Crippen LogP contribution in [-0.4, -0.2) is 51.0 Å². The molecule has 2 aliphatic rings. The van der Waals surface area contributed by atoms with Crippen LogP contribution in [0.15, 0.2) is 48.5 Å². The second-order valence-electron chi connectivity index (χ2n) is 9.33. The van der Waals surface area contributed by atoms with Crippen molar-refractivity contribution in [3.05, 3.63) is 59.9 Å². The molecule has 3 aromatic rings. The maximum atomic E-state index is 13.1. The van der Waals surface area contributed by atoms with Crippen LogP contribution < -0.4 is 4.74 Å². The van der Waals surface area contributed by atoms with Crippen molar-refractivity contribution in [2.45, 2.75) is 70.7 Å². The molecule has 0 aliphatic carbocycles. The van der Waals surface area contributed by atoms with Crippen molar-refractivity contribution in [1.82, 2.24) is 19.4 Å². The van der Waals surface area contributed by atoms with Crippen molar-refractivity contribution in [2.24, 2.45) is 0 Å². The van der Waals surface area contributed by atoms with Crippen molar-refractivity contribution in [1.29, 1.82) is 0 Å². The van der Waals surface area contributed by atoms with E-state index in [-0.39, 0.29) is 11.9 Å². The molecule has 1 amide bonds. The minimum Gasteiger partial charge on any atom is -0.497 e. The minimum atomic E-state index is 0.259. The summed E-state index contributed by atoms with van der Waals surface area (Å²) in [6, 6.07) is 17.2. The highest BCUT2D eigenvalue weighted by atomic mass is 16.5. The molecule has 2 aromatic carbocycles. The third-order valence-electron chi connectivity index (χ3n) is 7.25. The zero-order chi connectivity index (χ0) is 22.8. The topological polar surface area (TPSA) is 50.6 Å². The van der Waals surface area contributed by atoms with E-state index in [9.17, 15) is 4.79 Å². The maximum absolute atomic E-state index is 13.1. The third kappa shape index (κ3) is 4.36. The maximum Gasteiger partial charge on any atom is 0.223 e. The molecule has 5 rings (SSSR count). The molecule has 0 bridgehead atoms. The zero-order valence-corrected chi connectivity index (χ0v) is 19.7. The van der Waals surface area contributed by atoms with Crippen LogP contribution in [0.3, 0.4) is 0 Å². The Hall–Kier alpha value is -2.86. The Morgan fingerprint density at radius 2 is 1.94 bits per heavy atom. The van der Waals surface area contributed by atoms with Gasteiger partial charge in [-0.1, -0.05) is 31.2 Å². The van der Waals surface area contributed by atoms with Gasteiger partial charge in [0.05, 0.1) is 24.7 Å².